The van der Waals surface area contributed by atoms with E-state index in [9.17, 15) is 14.0 Å². The summed E-state index contributed by atoms with van der Waals surface area (Å²) in [5, 5.41) is 4.81. The molecule has 2 N–H and O–H groups in total. The van der Waals surface area contributed by atoms with Crippen LogP contribution in [0.1, 0.15) is 0 Å². The molecule has 0 saturated heterocycles. The molecule has 0 heterocycles. The molecule has 104 valence electrons. The van der Waals surface area contributed by atoms with E-state index in [1.165, 1.54) is 12.1 Å². The molecule has 0 radical (unpaired) electrons. The summed E-state index contributed by atoms with van der Waals surface area (Å²) in [4.78, 5) is 24.8. The second kappa shape index (κ2) is 7.06. The number of anilines is 1. The van der Waals surface area contributed by atoms with Crippen LogP contribution in [0.5, 0.6) is 0 Å². The summed E-state index contributed by atoms with van der Waals surface area (Å²) in [5.74, 6) is -2.42. The first kappa shape index (κ1) is 15.4. The number of benzene rings is 1. The molecule has 0 unspecified atom stereocenters. The van der Waals surface area contributed by atoms with Gasteiger partial charge in [0.15, 0.2) is 0 Å². The van der Waals surface area contributed by atoms with Gasteiger partial charge < -0.3 is 15.5 Å². The molecule has 0 aliphatic rings. The van der Waals surface area contributed by atoms with Gasteiger partial charge in [0.1, 0.15) is 5.82 Å². The molecule has 2 amide bonds. The molecule has 0 bridgehead atoms. The third-order valence-electron chi connectivity index (χ3n) is 2.23. The van der Waals surface area contributed by atoms with E-state index in [2.05, 4.69) is 10.6 Å². The average Bonchev–Trinajstić information content (AvgIpc) is 2.32. The van der Waals surface area contributed by atoms with Crippen molar-refractivity contribution in [3.05, 3.63) is 29.0 Å². The number of rotatable bonds is 4. The molecular weight excluding hydrogens is 273 g/mol. The zero-order valence-corrected chi connectivity index (χ0v) is 11.4. The monoisotopic (exact) mass is 287 g/mol. The Bertz CT molecular complexity index is 480. The van der Waals surface area contributed by atoms with Crippen molar-refractivity contribution in [2.24, 2.45) is 0 Å². The highest BCUT2D eigenvalue weighted by molar-refractivity contribution is 6.39. The summed E-state index contributed by atoms with van der Waals surface area (Å²) in [6, 6.07) is 3.77. The lowest BCUT2D eigenvalue weighted by molar-refractivity contribution is -0.136. The molecule has 1 aromatic rings. The normalized spacial score (nSPS) is 10.4. The third-order valence-corrected chi connectivity index (χ3v) is 2.47. The minimum atomic E-state index is -0.917. The highest BCUT2D eigenvalue weighted by Crippen LogP contribution is 2.18. The molecule has 0 aliphatic carbocycles. The second-order valence-corrected chi connectivity index (χ2v) is 4.57. The standard InChI is InChI=1S/C12H15ClFN3O2/c1-17(2)6-5-15-11(18)12(19)16-10-4-3-8(13)7-9(10)14/h3-4,7H,5-6H2,1-2H3,(H,15,18)(H,16,19). The highest BCUT2D eigenvalue weighted by Gasteiger charge is 2.15. The van der Waals surface area contributed by atoms with E-state index in [0.29, 0.717) is 13.1 Å². The minimum absolute atomic E-state index is 0.0860. The van der Waals surface area contributed by atoms with Gasteiger partial charge in [-0.3, -0.25) is 9.59 Å². The molecular formula is C12H15ClFN3O2. The molecule has 1 aromatic carbocycles. The fraction of sp³-hybridized carbons (Fsp3) is 0.333. The largest absolute Gasteiger partial charge is 0.347 e. The number of nitrogens with zero attached hydrogens (tertiary/aromatic N) is 1. The quantitative estimate of drug-likeness (QED) is 0.815. The van der Waals surface area contributed by atoms with E-state index in [-0.39, 0.29) is 10.7 Å². The number of likely N-dealkylation sites (N-methyl/N-ethyl adjacent to an activating group) is 1. The van der Waals surface area contributed by atoms with Crippen molar-refractivity contribution in [3.63, 3.8) is 0 Å². The van der Waals surface area contributed by atoms with Gasteiger partial charge >= 0.3 is 11.8 Å². The van der Waals surface area contributed by atoms with Crippen molar-refractivity contribution < 1.29 is 14.0 Å². The van der Waals surface area contributed by atoms with Gasteiger partial charge in [0.2, 0.25) is 0 Å². The smallest absolute Gasteiger partial charge is 0.313 e. The van der Waals surface area contributed by atoms with Gasteiger partial charge in [-0.1, -0.05) is 11.6 Å². The topological polar surface area (TPSA) is 61.4 Å². The summed E-state index contributed by atoms with van der Waals surface area (Å²) in [7, 11) is 3.69. The second-order valence-electron chi connectivity index (χ2n) is 4.14. The van der Waals surface area contributed by atoms with Crippen LogP contribution < -0.4 is 10.6 Å². The maximum Gasteiger partial charge on any atom is 0.313 e. The van der Waals surface area contributed by atoms with Gasteiger partial charge in [0.25, 0.3) is 0 Å². The zero-order valence-electron chi connectivity index (χ0n) is 10.7. The minimum Gasteiger partial charge on any atom is -0.347 e. The van der Waals surface area contributed by atoms with E-state index < -0.39 is 17.6 Å². The number of hydrogen-bond donors (Lipinski definition) is 2. The van der Waals surface area contributed by atoms with Crippen LogP contribution in [0, 0.1) is 5.82 Å². The average molecular weight is 288 g/mol. The first-order valence-corrected chi connectivity index (χ1v) is 5.97. The van der Waals surface area contributed by atoms with Gasteiger partial charge in [-0.05, 0) is 32.3 Å². The Morgan fingerprint density at radius 2 is 2.00 bits per heavy atom. The van der Waals surface area contributed by atoms with Crippen LogP contribution in [0.3, 0.4) is 0 Å². The van der Waals surface area contributed by atoms with Crippen LogP contribution >= 0.6 is 11.6 Å². The fourth-order valence-corrected chi connectivity index (χ4v) is 1.40. The van der Waals surface area contributed by atoms with Gasteiger partial charge in [0, 0.05) is 18.1 Å². The van der Waals surface area contributed by atoms with Crippen LogP contribution in [0.15, 0.2) is 18.2 Å². The SMILES string of the molecule is CN(C)CCNC(=O)C(=O)Nc1ccc(Cl)cc1F. The van der Waals surface area contributed by atoms with Crippen LogP contribution in [-0.2, 0) is 9.59 Å². The molecule has 0 aliphatic heterocycles. The van der Waals surface area contributed by atoms with Crippen molar-refractivity contribution in [2.45, 2.75) is 0 Å². The molecule has 1 rings (SSSR count). The summed E-state index contributed by atoms with van der Waals surface area (Å²) in [6.07, 6.45) is 0. The van der Waals surface area contributed by atoms with Gasteiger partial charge in [-0.25, -0.2) is 4.39 Å². The number of hydrogen-bond acceptors (Lipinski definition) is 3. The predicted octanol–water partition coefficient (Wildman–Crippen LogP) is 1.10. The Balaban J connectivity index is 2.52. The summed E-state index contributed by atoms with van der Waals surface area (Å²) >= 11 is 5.58. The van der Waals surface area contributed by atoms with Crippen molar-refractivity contribution in [1.82, 2.24) is 10.2 Å². The summed E-state index contributed by atoms with van der Waals surface area (Å²) in [5.41, 5.74) is -0.0860. The number of halogens is 2. The molecule has 0 atom stereocenters. The maximum absolute atomic E-state index is 13.4. The zero-order chi connectivity index (χ0) is 14.4. The van der Waals surface area contributed by atoms with Gasteiger partial charge in [0.05, 0.1) is 5.69 Å². The van der Waals surface area contributed by atoms with Gasteiger partial charge in [-0.2, -0.15) is 0 Å². The summed E-state index contributed by atoms with van der Waals surface area (Å²) < 4.78 is 13.4. The van der Waals surface area contributed by atoms with Crippen LogP contribution in [0.4, 0.5) is 10.1 Å². The number of nitrogens with one attached hydrogen (secondary N) is 2. The first-order valence-electron chi connectivity index (χ1n) is 5.59. The predicted molar refractivity (Wildman–Crippen MR) is 71.6 cm³/mol. The summed E-state index contributed by atoms with van der Waals surface area (Å²) in [6.45, 7) is 0.941. The van der Waals surface area contributed by atoms with Crippen molar-refractivity contribution in [2.75, 3.05) is 32.5 Å². The highest BCUT2D eigenvalue weighted by atomic mass is 35.5. The Kier molecular flexibility index (Phi) is 5.72. The molecule has 19 heavy (non-hydrogen) atoms. The number of carbonyl (C=O) groups excluding carboxylic acids is 2. The lowest BCUT2D eigenvalue weighted by Gasteiger charge is -2.10. The van der Waals surface area contributed by atoms with Crippen molar-refractivity contribution in [3.8, 4) is 0 Å². The molecule has 7 heteroatoms. The fourth-order valence-electron chi connectivity index (χ4n) is 1.24. The van der Waals surface area contributed by atoms with Crippen LogP contribution in [0.2, 0.25) is 5.02 Å². The first-order chi connectivity index (χ1) is 8.90. The number of carbonyl (C=O) groups is 2. The third kappa shape index (κ3) is 5.23. The van der Waals surface area contributed by atoms with E-state index in [0.717, 1.165) is 6.07 Å². The Hall–Kier alpha value is -1.66. The van der Waals surface area contributed by atoms with Crippen LogP contribution in [-0.4, -0.2) is 43.9 Å². The Morgan fingerprint density at radius 3 is 2.58 bits per heavy atom. The lowest BCUT2D eigenvalue weighted by atomic mass is 10.3. The number of amides is 2. The molecule has 0 aromatic heterocycles. The molecule has 0 saturated carbocycles. The van der Waals surface area contributed by atoms with E-state index in [1.807, 2.05) is 19.0 Å². The molecule has 5 nitrogen and oxygen atoms in total. The maximum atomic E-state index is 13.4. The van der Waals surface area contributed by atoms with E-state index in [1.54, 1.807) is 0 Å². The molecule has 0 fully saturated rings. The van der Waals surface area contributed by atoms with Crippen molar-refractivity contribution >= 4 is 29.1 Å². The van der Waals surface area contributed by atoms with Crippen LogP contribution in [0.25, 0.3) is 0 Å². The lowest BCUT2D eigenvalue weighted by Crippen LogP contribution is -2.38. The van der Waals surface area contributed by atoms with Gasteiger partial charge in [-0.15, -0.1) is 0 Å². The Morgan fingerprint density at radius 1 is 1.32 bits per heavy atom. The van der Waals surface area contributed by atoms with Crippen molar-refractivity contribution in [1.29, 1.82) is 0 Å². The van der Waals surface area contributed by atoms with E-state index in [4.69, 9.17) is 11.6 Å². The Labute approximate surface area is 115 Å². The van der Waals surface area contributed by atoms with E-state index >= 15 is 0 Å². The molecule has 0 spiro atoms.